The fourth-order valence-electron chi connectivity index (χ4n) is 3.49. The molecule has 0 spiro atoms. The lowest BCUT2D eigenvalue weighted by molar-refractivity contribution is 0.100. The van der Waals surface area contributed by atoms with Gasteiger partial charge in [-0.1, -0.05) is 24.3 Å². The number of rotatable bonds is 3. The molecule has 2 N–H and O–H groups in total. The lowest BCUT2D eigenvalue weighted by Gasteiger charge is -2.10. The normalized spacial score (nSPS) is 11.3. The third kappa shape index (κ3) is 2.44. The third-order valence-electron chi connectivity index (χ3n) is 4.72. The molecule has 1 heterocycles. The van der Waals surface area contributed by atoms with Crippen molar-refractivity contribution in [1.29, 1.82) is 0 Å². The number of hydrogen-bond acceptors (Lipinski definition) is 1. The fourth-order valence-corrected chi connectivity index (χ4v) is 3.49. The molecule has 5 heteroatoms. The van der Waals surface area contributed by atoms with Gasteiger partial charge in [0.2, 0.25) is 5.91 Å². The van der Waals surface area contributed by atoms with Crippen LogP contribution in [0.1, 0.15) is 21.5 Å². The second-order valence-corrected chi connectivity index (χ2v) is 6.36. The van der Waals surface area contributed by atoms with Crippen LogP contribution in [-0.4, -0.2) is 10.5 Å². The van der Waals surface area contributed by atoms with Crippen LogP contribution in [0.25, 0.3) is 21.8 Å². The van der Waals surface area contributed by atoms with Crippen molar-refractivity contribution in [2.75, 3.05) is 0 Å². The highest BCUT2D eigenvalue weighted by Gasteiger charge is 2.18. The second-order valence-electron chi connectivity index (χ2n) is 6.36. The van der Waals surface area contributed by atoms with Gasteiger partial charge in [0.1, 0.15) is 11.6 Å². The maximum atomic E-state index is 14.5. The van der Waals surface area contributed by atoms with E-state index in [0.717, 1.165) is 0 Å². The molecule has 4 aromatic rings. The van der Waals surface area contributed by atoms with E-state index >= 15 is 0 Å². The number of aromatic nitrogens is 1. The highest BCUT2D eigenvalue weighted by molar-refractivity contribution is 6.17. The Morgan fingerprint density at radius 2 is 1.81 bits per heavy atom. The van der Waals surface area contributed by atoms with Gasteiger partial charge in [0.15, 0.2) is 0 Å². The topological polar surface area (TPSA) is 48.0 Å². The maximum Gasteiger partial charge on any atom is 0.249 e. The monoisotopic (exact) mass is 350 g/mol. The Labute approximate surface area is 148 Å². The van der Waals surface area contributed by atoms with Gasteiger partial charge in [-0.25, -0.2) is 8.78 Å². The van der Waals surface area contributed by atoms with Gasteiger partial charge in [-0.05, 0) is 42.8 Å². The molecule has 4 rings (SSSR count). The summed E-state index contributed by atoms with van der Waals surface area (Å²) in [5.74, 6) is -1.24. The molecule has 0 aliphatic heterocycles. The van der Waals surface area contributed by atoms with Gasteiger partial charge in [0.25, 0.3) is 0 Å². The zero-order chi connectivity index (χ0) is 18.4. The van der Waals surface area contributed by atoms with Gasteiger partial charge in [0.05, 0.1) is 17.6 Å². The van der Waals surface area contributed by atoms with E-state index in [1.807, 2.05) is 10.6 Å². The predicted molar refractivity (Wildman–Crippen MR) is 98.2 cm³/mol. The molecule has 0 radical (unpaired) electrons. The summed E-state index contributed by atoms with van der Waals surface area (Å²) in [4.78, 5) is 11.9. The van der Waals surface area contributed by atoms with Crippen LogP contribution in [0.15, 0.2) is 54.6 Å². The average molecular weight is 350 g/mol. The Balaban J connectivity index is 2.07. The van der Waals surface area contributed by atoms with Crippen LogP contribution in [-0.2, 0) is 6.54 Å². The van der Waals surface area contributed by atoms with Gasteiger partial charge in [-0.2, -0.15) is 0 Å². The Morgan fingerprint density at radius 3 is 2.58 bits per heavy atom. The SMILES string of the molecule is Cc1cccc(Cn2c3cc(F)ccc3c3c(C(N)=O)cccc32)c1F. The molecular formula is C21H16F2N2O. The number of benzene rings is 3. The van der Waals surface area contributed by atoms with Crippen molar-refractivity contribution < 1.29 is 13.6 Å². The smallest absolute Gasteiger partial charge is 0.249 e. The Hall–Kier alpha value is -3.21. The second kappa shape index (κ2) is 5.95. The number of amides is 1. The van der Waals surface area contributed by atoms with Crippen molar-refractivity contribution in [2.24, 2.45) is 5.73 Å². The standard InChI is InChI=1S/C21H16F2N2O/c1-12-4-2-5-13(20(12)23)11-25-17-7-3-6-16(21(24)26)19(17)15-9-8-14(22)10-18(15)25/h2-10H,11H2,1H3,(H2,24,26). The Morgan fingerprint density at radius 1 is 1.04 bits per heavy atom. The lowest BCUT2D eigenvalue weighted by atomic mass is 10.1. The summed E-state index contributed by atoms with van der Waals surface area (Å²) in [5, 5.41) is 1.37. The van der Waals surface area contributed by atoms with E-state index in [1.54, 1.807) is 43.3 Å². The quantitative estimate of drug-likeness (QED) is 0.580. The van der Waals surface area contributed by atoms with Gasteiger partial charge < -0.3 is 10.3 Å². The summed E-state index contributed by atoms with van der Waals surface area (Å²) < 4.78 is 30.2. The van der Waals surface area contributed by atoms with Crippen molar-refractivity contribution in [3.8, 4) is 0 Å². The van der Waals surface area contributed by atoms with Gasteiger partial charge in [0, 0.05) is 21.9 Å². The molecule has 1 amide bonds. The number of hydrogen-bond donors (Lipinski definition) is 1. The highest BCUT2D eigenvalue weighted by Crippen LogP contribution is 2.33. The van der Waals surface area contributed by atoms with Crippen molar-refractivity contribution in [2.45, 2.75) is 13.5 Å². The molecule has 26 heavy (non-hydrogen) atoms. The first-order valence-electron chi connectivity index (χ1n) is 8.21. The molecule has 0 bridgehead atoms. The van der Waals surface area contributed by atoms with Crippen molar-refractivity contribution in [1.82, 2.24) is 4.57 Å². The molecule has 1 aromatic heterocycles. The number of primary amides is 1. The van der Waals surface area contributed by atoms with Gasteiger partial charge in [-0.3, -0.25) is 4.79 Å². The lowest BCUT2D eigenvalue weighted by Crippen LogP contribution is -2.11. The number of nitrogens with zero attached hydrogens (tertiary/aromatic N) is 1. The Kier molecular flexibility index (Phi) is 3.72. The van der Waals surface area contributed by atoms with Crippen LogP contribution in [0.5, 0.6) is 0 Å². The zero-order valence-electron chi connectivity index (χ0n) is 14.1. The summed E-state index contributed by atoms with van der Waals surface area (Å²) in [7, 11) is 0. The number of fused-ring (bicyclic) bond motifs is 3. The Bertz CT molecular complexity index is 1180. The first-order chi connectivity index (χ1) is 12.5. The molecule has 0 fully saturated rings. The van der Waals surface area contributed by atoms with E-state index in [9.17, 15) is 13.6 Å². The minimum absolute atomic E-state index is 0.221. The van der Waals surface area contributed by atoms with Gasteiger partial charge in [-0.15, -0.1) is 0 Å². The van der Waals surface area contributed by atoms with E-state index < -0.39 is 11.7 Å². The van der Waals surface area contributed by atoms with Crippen molar-refractivity contribution in [3.05, 3.63) is 82.9 Å². The molecule has 0 unspecified atom stereocenters. The van der Waals surface area contributed by atoms with Crippen LogP contribution >= 0.6 is 0 Å². The van der Waals surface area contributed by atoms with Crippen LogP contribution < -0.4 is 5.73 Å². The number of nitrogens with two attached hydrogens (primary N) is 1. The van der Waals surface area contributed by atoms with E-state index in [0.29, 0.717) is 38.5 Å². The minimum atomic E-state index is -0.555. The van der Waals surface area contributed by atoms with Crippen molar-refractivity contribution >= 4 is 27.7 Å². The third-order valence-corrected chi connectivity index (χ3v) is 4.72. The minimum Gasteiger partial charge on any atom is -0.366 e. The zero-order valence-corrected chi connectivity index (χ0v) is 14.1. The summed E-state index contributed by atoms with van der Waals surface area (Å²) in [6.07, 6.45) is 0. The first-order valence-corrected chi connectivity index (χ1v) is 8.21. The molecular weight excluding hydrogens is 334 g/mol. The van der Waals surface area contributed by atoms with Crippen LogP contribution in [0.3, 0.4) is 0 Å². The number of aryl methyl sites for hydroxylation is 1. The number of carbonyl (C=O) groups is 1. The molecule has 0 aliphatic carbocycles. The molecule has 0 atom stereocenters. The summed E-state index contributed by atoms with van der Waals surface area (Å²) in [6, 6.07) is 14.8. The molecule has 0 saturated carbocycles. The average Bonchev–Trinajstić information content (AvgIpc) is 2.92. The summed E-state index contributed by atoms with van der Waals surface area (Å²) >= 11 is 0. The van der Waals surface area contributed by atoms with Crippen molar-refractivity contribution in [3.63, 3.8) is 0 Å². The predicted octanol–water partition coefficient (Wildman–Crippen LogP) is 4.53. The van der Waals surface area contributed by atoms with Gasteiger partial charge >= 0.3 is 0 Å². The maximum absolute atomic E-state index is 14.5. The van der Waals surface area contributed by atoms with E-state index in [-0.39, 0.29) is 12.4 Å². The molecule has 3 aromatic carbocycles. The van der Waals surface area contributed by atoms with Crippen LogP contribution in [0.2, 0.25) is 0 Å². The number of halogens is 2. The van der Waals surface area contributed by atoms with E-state index in [4.69, 9.17) is 5.73 Å². The molecule has 0 aliphatic rings. The summed E-state index contributed by atoms with van der Waals surface area (Å²) in [5.41, 5.74) is 8.24. The first kappa shape index (κ1) is 16.3. The molecule has 0 saturated heterocycles. The molecule has 130 valence electrons. The van der Waals surface area contributed by atoms with E-state index in [1.165, 1.54) is 12.1 Å². The molecule has 3 nitrogen and oxygen atoms in total. The van der Waals surface area contributed by atoms with E-state index in [2.05, 4.69) is 0 Å². The summed E-state index contributed by atoms with van der Waals surface area (Å²) in [6.45, 7) is 1.93. The fraction of sp³-hybridized carbons (Fsp3) is 0.0952. The largest absolute Gasteiger partial charge is 0.366 e. The van der Waals surface area contributed by atoms with Crippen LogP contribution in [0.4, 0.5) is 8.78 Å². The number of carbonyl (C=O) groups excluding carboxylic acids is 1. The highest BCUT2D eigenvalue weighted by atomic mass is 19.1. The van der Waals surface area contributed by atoms with Crippen LogP contribution in [0, 0.1) is 18.6 Å².